The molecule has 0 fully saturated rings. The first-order valence-electron chi connectivity index (χ1n) is 6.39. The molecule has 0 atom stereocenters. The molecule has 2 aromatic carbocycles. The molecule has 5 nitrogen and oxygen atoms in total. The minimum atomic E-state index is -0.102. The monoisotopic (exact) mass is 293 g/mol. The molecule has 0 unspecified atom stereocenters. The van der Waals surface area contributed by atoms with Crippen molar-refractivity contribution >= 4 is 11.1 Å². The fourth-order valence-corrected chi connectivity index (χ4v) is 2.31. The second kappa shape index (κ2) is 5.19. The van der Waals surface area contributed by atoms with Gasteiger partial charge < -0.3 is 19.7 Å². The average molecular weight is 293 g/mol. The number of nitrogens with zero attached hydrogens (tertiary/aromatic N) is 1. The molecule has 0 bridgehead atoms. The first-order valence-corrected chi connectivity index (χ1v) is 6.39. The van der Waals surface area contributed by atoms with E-state index in [1.54, 1.807) is 30.5 Å². The van der Waals surface area contributed by atoms with Crippen LogP contribution < -0.4 is 9.47 Å². The fourth-order valence-electron chi connectivity index (χ4n) is 2.31. The summed E-state index contributed by atoms with van der Waals surface area (Å²) in [7, 11) is 0. The summed E-state index contributed by atoms with van der Waals surface area (Å²) < 4.78 is 10.2. The molecule has 0 aliphatic carbocycles. The molecule has 1 heterocycles. The van der Waals surface area contributed by atoms with Gasteiger partial charge in [-0.3, -0.25) is 0 Å². The van der Waals surface area contributed by atoms with Crippen LogP contribution in [0.1, 0.15) is 11.1 Å². The van der Waals surface area contributed by atoms with E-state index in [0.717, 1.165) is 5.56 Å². The molecule has 1 aliphatic heterocycles. The number of nitriles is 1. The van der Waals surface area contributed by atoms with Gasteiger partial charge in [-0.1, -0.05) is 18.7 Å². The number of hydrogen-bond acceptors (Lipinski definition) is 5. The van der Waals surface area contributed by atoms with E-state index in [4.69, 9.17) is 14.7 Å². The Morgan fingerprint density at radius 1 is 1.14 bits per heavy atom. The summed E-state index contributed by atoms with van der Waals surface area (Å²) in [5.41, 5.74) is 2.51. The lowest BCUT2D eigenvalue weighted by molar-refractivity contribution is 0.427. The first-order chi connectivity index (χ1) is 10.6. The molecule has 3 rings (SSSR count). The Kier molecular flexibility index (Phi) is 3.20. The molecular formula is C17H11NO4. The van der Waals surface area contributed by atoms with Crippen LogP contribution in [0.3, 0.4) is 0 Å². The van der Waals surface area contributed by atoms with Crippen molar-refractivity contribution in [3.05, 3.63) is 60.4 Å². The van der Waals surface area contributed by atoms with Gasteiger partial charge in [-0.2, -0.15) is 0 Å². The third-order valence-corrected chi connectivity index (χ3v) is 3.33. The highest BCUT2D eigenvalue weighted by Crippen LogP contribution is 2.45. The zero-order chi connectivity index (χ0) is 15.7. The van der Waals surface area contributed by atoms with Gasteiger partial charge in [0.05, 0.1) is 11.8 Å². The summed E-state index contributed by atoms with van der Waals surface area (Å²) in [6.45, 7) is 3.99. The van der Waals surface area contributed by atoms with Crippen LogP contribution in [-0.2, 0) is 0 Å². The maximum Gasteiger partial charge on any atom is 0.292 e. The Hall–Kier alpha value is -3.39. The molecule has 2 N–H and O–H groups in total. The standard InChI is InChI=1S/C17H11NO4/c1-10-14(11-2-4-13(5-3-11)22-9-18)8-21-16-7-12(19)6-15(20)17(10)16/h2-8,19-20H,1H2. The zero-order valence-corrected chi connectivity index (χ0v) is 11.4. The van der Waals surface area contributed by atoms with E-state index in [1.165, 1.54) is 18.4 Å². The van der Waals surface area contributed by atoms with Crippen LogP contribution in [0.25, 0.3) is 11.1 Å². The molecule has 2 aromatic rings. The van der Waals surface area contributed by atoms with Crippen molar-refractivity contribution in [2.75, 3.05) is 0 Å². The Morgan fingerprint density at radius 2 is 1.86 bits per heavy atom. The lowest BCUT2D eigenvalue weighted by atomic mass is 9.92. The quantitative estimate of drug-likeness (QED) is 0.829. The molecule has 22 heavy (non-hydrogen) atoms. The lowest BCUT2D eigenvalue weighted by Gasteiger charge is -2.21. The van der Waals surface area contributed by atoms with Crippen molar-refractivity contribution in [1.82, 2.24) is 0 Å². The van der Waals surface area contributed by atoms with Gasteiger partial charge in [0.15, 0.2) is 0 Å². The second-order valence-electron chi connectivity index (χ2n) is 4.68. The van der Waals surface area contributed by atoms with E-state index >= 15 is 0 Å². The van der Waals surface area contributed by atoms with Crippen LogP contribution in [0.2, 0.25) is 0 Å². The maximum absolute atomic E-state index is 10.0. The Bertz CT molecular complexity index is 829. The molecule has 0 saturated heterocycles. The predicted octanol–water partition coefficient (Wildman–Crippen LogP) is 3.40. The van der Waals surface area contributed by atoms with Gasteiger partial charge in [-0.05, 0) is 23.3 Å². The van der Waals surface area contributed by atoms with Crippen molar-refractivity contribution in [3.63, 3.8) is 0 Å². The molecule has 1 aliphatic rings. The van der Waals surface area contributed by atoms with Crippen LogP contribution in [-0.4, -0.2) is 10.2 Å². The normalized spacial score (nSPS) is 12.7. The minimum absolute atomic E-state index is 0.0843. The van der Waals surface area contributed by atoms with E-state index in [0.29, 0.717) is 28.2 Å². The SMILES string of the molecule is C=C1C(c2ccc(OC#N)cc2)=COc2cc(O)cc(O)c21. The number of benzene rings is 2. The van der Waals surface area contributed by atoms with Gasteiger partial charge in [-0.25, -0.2) is 0 Å². The van der Waals surface area contributed by atoms with E-state index in [2.05, 4.69) is 6.58 Å². The van der Waals surface area contributed by atoms with Crippen molar-refractivity contribution in [1.29, 1.82) is 5.26 Å². The number of hydrogen-bond donors (Lipinski definition) is 2. The van der Waals surface area contributed by atoms with Crippen molar-refractivity contribution in [2.45, 2.75) is 0 Å². The average Bonchev–Trinajstić information content (AvgIpc) is 2.48. The van der Waals surface area contributed by atoms with Gasteiger partial charge in [0.2, 0.25) is 0 Å². The van der Waals surface area contributed by atoms with E-state index < -0.39 is 0 Å². The summed E-state index contributed by atoms with van der Waals surface area (Å²) in [5.74, 6) is 0.590. The summed E-state index contributed by atoms with van der Waals surface area (Å²) in [6.07, 6.45) is 3.11. The molecule has 5 heteroatoms. The van der Waals surface area contributed by atoms with Gasteiger partial charge in [0.1, 0.15) is 23.0 Å². The summed E-state index contributed by atoms with van der Waals surface area (Å²) in [5, 5.41) is 28.0. The Labute approximate surface area is 126 Å². The minimum Gasteiger partial charge on any atom is -0.508 e. The van der Waals surface area contributed by atoms with Crippen molar-refractivity contribution in [3.8, 4) is 29.3 Å². The first kappa shape index (κ1) is 13.6. The number of fused-ring (bicyclic) bond motifs is 1. The molecular weight excluding hydrogens is 282 g/mol. The van der Waals surface area contributed by atoms with Gasteiger partial charge in [-0.15, -0.1) is 5.26 Å². The summed E-state index contributed by atoms with van der Waals surface area (Å²) >= 11 is 0. The summed E-state index contributed by atoms with van der Waals surface area (Å²) in [4.78, 5) is 0. The van der Waals surface area contributed by atoms with E-state index in [-0.39, 0.29) is 11.5 Å². The van der Waals surface area contributed by atoms with Gasteiger partial charge >= 0.3 is 0 Å². The number of aromatic hydroxyl groups is 2. The van der Waals surface area contributed by atoms with E-state index in [1.807, 2.05) is 0 Å². The highest BCUT2D eigenvalue weighted by molar-refractivity contribution is 6.07. The smallest absolute Gasteiger partial charge is 0.292 e. The van der Waals surface area contributed by atoms with Crippen LogP contribution in [0.5, 0.6) is 23.0 Å². The highest BCUT2D eigenvalue weighted by atomic mass is 16.5. The van der Waals surface area contributed by atoms with Crippen molar-refractivity contribution in [2.24, 2.45) is 0 Å². The topological polar surface area (TPSA) is 82.7 Å². The molecule has 0 spiro atoms. The van der Waals surface area contributed by atoms with E-state index in [9.17, 15) is 10.2 Å². The maximum atomic E-state index is 10.0. The number of allylic oxidation sites excluding steroid dienone is 2. The fraction of sp³-hybridized carbons (Fsp3) is 0. The van der Waals surface area contributed by atoms with Gasteiger partial charge in [0.25, 0.3) is 6.26 Å². The third-order valence-electron chi connectivity index (χ3n) is 3.33. The Balaban J connectivity index is 1.99. The predicted molar refractivity (Wildman–Crippen MR) is 80.1 cm³/mol. The van der Waals surface area contributed by atoms with Crippen LogP contribution in [0.4, 0.5) is 0 Å². The number of phenolic OH excluding ortho intramolecular Hbond substituents is 2. The third kappa shape index (κ3) is 2.23. The number of ether oxygens (including phenoxy) is 2. The van der Waals surface area contributed by atoms with Crippen LogP contribution in [0.15, 0.2) is 49.2 Å². The molecule has 0 radical (unpaired) electrons. The zero-order valence-electron chi connectivity index (χ0n) is 11.4. The van der Waals surface area contributed by atoms with Gasteiger partial charge in [0, 0.05) is 17.7 Å². The molecule has 0 aromatic heterocycles. The Morgan fingerprint density at radius 3 is 2.55 bits per heavy atom. The molecule has 108 valence electrons. The molecule has 0 amide bonds. The number of phenols is 2. The largest absolute Gasteiger partial charge is 0.508 e. The summed E-state index contributed by atoms with van der Waals surface area (Å²) in [6, 6.07) is 9.47. The number of rotatable bonds is 2. The van der Waals surface area contributed by atoms with Crippen molar-refractivity contribution < 1.29 is 19.7 Å². The van der Waals surface area contributed by atoms with Crippen LogP contribution >= 0.6 is 0 Å². The second-order valence-corrected chi connectivity index (χ2v) is 4.68. The van der Waals surface area contributed by atoms with Crippen LogP contribution in [0, 0.1) is 11.5 Å². The highest BCUT2D eigenvalue weighted by Gasteiger charge is 2.22. The lowest BCUT2D eigenvalue weighted by Crippen LogP contribution is -2.01. The molecule has 0 saturated carbocycles.